The number of hydrogen-bond donors (Lipinski definition) is 1. The smallest absolute Gasteiger partial charge is 0.0448 e. The van der Waals surface area contributed by atoms with Crippen LogP contribution < -0.4 is 5.73 Å². The minimum Gasteiger partial charge on any atom is -0.327 e. The largest absolute Gasteiger partial charge is 0.327 e. The molecule has 0 aliphatic carbocycles. The van der Waals surface area contributed by atoms with Crippen molar-refractivity contribution in [2.24, 2.45) is 5.73 Å². The molecule has 0 heterocycles. The van der Waals surface area contributed by atoms with E-state index in [4.69, 9.17) is 5.73 Å². The van der Waals surface area contributed by atoms with E-state index in [2.05, 4.69) is 69.3 Å². The van der Waals surface area contributed by atoms with Gasteiger partial charge in [-0.1, -0.05) is 59.7 Å². The highest BCUT2D eigenvalue weighted by molar-refractivity contribution is 7.98. The third kappa shape index (κ3) is 4.12. The lowest BCUT2D eigenvalue weighted by molar-refractivity contribution is 0.721. The van der Waals surface area contributed by atoms with Crippen molar-refractivity contribution in [3.05, 3.63) is 70.8 Å². The highest BCUT2D eigenvalue weighted by atomic mass is 32.2. The molecule has 2 atom stereocenters. The number of hydrogen-bond acceptors (Lipinski definition) is 2. The van der Waals surface area contributed by atoms with Gasteiger partial charge in [-0.25, -0.2) is 0 Å². The zero-order chi connectivity index (χ0) is 14.5. The third-order valence-electron chi connectivity index (χ3n) is 3.40. The first-order valence-electron chi connectivity index (χ1n) is 7.05. The first-order valence-corrected chi connectivity index (χ1v) is 8.10. The third-order valence-corrected chi connectivity index (χ3v) is 4.96. The van der Waals surface area contributed by atoms with E-state index in [1.807, 2.05) is 11.8 Å². The first kappa shape index (κ1) is 15.1. The Labute approximate surface area is 126 Å². The van der Waals surface area contributed by atoms with Gasteiger partial charge >= 0.3 is 0 Å². The lowest BCUT2D eigenvalue weighted by Crippen LogP contribution is -2.22. The van der Waals surface area contributed by atoms with E-state index in [-0.39, 0.29) is 6.04 Å². The van der Waals surface area contributed by atoms with Gasteiger partial charge < -0.3 is 5.73 Å². The standard InChI is InChI=1S/C18H23NS/c1-13-7-9-17(10-8-13)18(15(3)19)20-12-16-6-4-5-14(2)11-16/h4-11,15,18H,12,19H2,1-3H3. The van der Waals surface area contributed by atoms with Crippen molar-refractivity contribution in [2.75, 3.05) is 0 Å². The molecule has 0 saturated carbocycles. The highest BCUT2D eigenvalue weighted by Gasteiger charge is 2.16. The summed E-state index contributed by atoms with van der Waals surface area (Å²) in [6, 6.07) is 17.6. The minimum absolute atomic E-state index is 0.146. The van der Waals surface area contributed by atoms with Gasteiger partial charge in [-0.05, 0) is 31.9 Å². The molecule has 0 aliphatic heterocycles. The average Bonchev–Trinajstić information content (AvgIpc) is 2.41. The molecule has 0 radical (unpaired) electrons. The van der Waals surface area contributed by atoms with Crippen molar-refractivity contribution in [3.63, 3.8) is 0 Å². The minimum atomic E-state index is 0.146. The number of benzene rings is 2. The Balaban J connectivity index is 2.08. The SMILES string of the molecule is Cc1ccc(C(SCc2cccc(C)c2)C(C)N)cc1. The van der Waals surface area contributed by atoms with Gasteiger partial charge in [-0.15, -0.1) is 11.8 Å². The Bertz CT molecular complexity index is 546. The molecule has 0 amide bonds. The second-order valence-electron chi connectivity index (χ2n) is 5.49. The Morgan fingerprint density at radius 3 is 2.30 bits per heavy atom. The van der Waals surface area contributed by atoms with E-state index in [9.17, 15) is 0 Å². The van der Waals surface area contributed by atoms with Crippen LogP contribution in [0.2, 0.25) is 0 Å². The zero-order valence-electron chi connectivity index (χ0n) is 12.5. The van der Waals surface area contributed by atoms with Gasteiger partial charge in [-0.3, -0.25) is 0 Å². The average molecular weight is 285 g/mol. The van der Waals surface area contributed by atoms with Crippen molar-refractivity contribution in [1.29, 1.82) is 0 Å². The molecule has 0 spiro atoms. The van der Waals surface area contributed by atoms with Crippen molar-refractivity contribution < 1.29 is 0 Å². The van der Waals surface area contributed by atoms with Gasteiger partial charge in [-0.2, -0.15) is 0 Å². The van der Waals surface area contributed by atoms with E-state index >= 15 is 0 Å². The number of rotatable bonds is 5. The first-order chi connectivity index (χ1) is 9.56. The summed E-state index contributed by atoms with van der Waals surface area (Å²) < 4.78 is 0. The molecule has 2 aromatic carbocycles. The van der Waals surface area contributed by atoms with E-state index in [1.54, 1.807) is 0 Å². The van der Waals surface area contributed by atoms with Crippen LogP contribution in [0, 0.1) is 13.8 Å². The molecule has 0 saturated heterocycles. The molecule has 2 N–H and O–H groups in total. The topological polar surface area (TPSA) is 26.0 Å². The fourth-order valence-corrected chi connectivity index (χ4v) is 3.50. The number of nitrogens with two attached hydrogens (primary N) is 1. The Morgan fingerprint density at radius 2 is 1.70 bits per heavy atom. The van der Waals surface area contributed by atoms with Crippen LogP contribution in [-0.4, -0.2) is 6.04 Å². The fraction of sp³-hybridized carbons (Fsp3) is 0.333. The molecular formula is C18H23NS. The van der Waals surface area contributed by atoms with Crippen molar-refractivity contribution in [3.8, 4) is 0 Å². The lowest BCUT2D eigenvalue weighted by atomic mass is 10.1. The summed E-state index contributed by atoms with van der Waals surface area (Å²) in [5.41, 5.74) is 11.5. The Morgan fingerprint density at radius 1 is 1.00 bits per heavy atom. The maximum Gasteiger partial charge on any atom is 0.0448 e. The van der Waals surface area contributed by atoms with Crippen LogP contribution in [-0.2, 0) is 5.75 Å². The molecular weight excluding hydrogens is 262 g/mol. The quantitative estimate of drug-likeness (QED) is 0.867. The van der Waals surface area contributed by atoms with Crippen LogP contribution in [0.5, 0.6) is 0 Å². The summed E-state index contributed by atoms with van der Waals surface area (Å²) >= 11 is 1.93. The zero-order valence-corrected chi connectivity index (χ0v) is 13.3. The van der Waals surface area contributed by atoms with Gasteiger partial charge in [0.15, 0.2) is 0 Å². The van der Waals surface area contributed by atoms with Crippen LogP contribution in [0.4, 0.5) is 0 Å². The summed E-state index contributed by atoms with van der Waals surface area (Å²) in [6.45, 7) is 6.34. The lowest BCUT2D eigenvalue weighted by Gasteiger charge is -2.21. The number of aryl methyl sites for hydroxylation is 2. The highest BCUT2D eigenvalue weighted by Crippen LogP contribution is 2.34. The Kier molecular flexibility index (Phi) is 5.27. The monoisotopic (exact) mass is 285 g/mol. The molecule has 106 valence electrons. The molecule has 0 aromatic heterocycles. The molecule has 2 unspecified atom stereocenters. The van der Waals surface area contributed by atoms with Crippen LogP contribution in [0.25, 0.3) is 0 Å². The molecule has 0 aliphatic rings. The van der Waals surface area contributed by atoms with Gasteiger partial charge in [0, 0.05) is 17.0 Å². The predicted octanol–water partition coefficient (Wildman–Crippen LogP) is 4.63. The fourth-order valence-electron chi connectivity index (χ4n) is 2.30. The maximum atomic E-state index is 6.18. The van der Waals surface area contributed by atoms with E-state index in [0.29, 0.717) is 5.25 Å². The van der Waals surface area contributed by atoms with Crippen LogP contribution in [0.1, 0.15) is 34.4 Å². The predicted molar refractivity (Wildman–Crippen MR) is 90.0 cm³/mol. The van der Waals surface area contributed by atoms with Crippen molar-refractivity contribution in [2.45, 2.75) is 37.8 Å². The van der Waals surface area contributed by atoms with Crippen LogP contribution in [0.15, 0.2) is 48.5 Å². The van der Waals surface area contributed by atoms with Gasteiger partial charge in [0.2, 0.25) is 0 Å². The summed E-state index contributed by atoms with van der Waals surface area (Å²) in [7, 11) is 0. The molecule has 2 rings (SSSR count). The van der Waals surface area contributed by atoms with E-state index in [0.717, 1.165) is 5.75 Å². The molecule has 0 bridgehead atoms. The van der Waals surface area contributed by atoms with E-state index < -0.39 is 0 Å². The van der Waals surface area contributed by atoms with Gasteiger partial charge in [0.25, 0.3) is 0 Å². The normalized spacial score (nSPS) is 14.0. The van der Waals surface area contributed by atoms with Gasteiger partial charge in [0.05, 0.1) is 0 Å². The summed E-state index contributed by atoms with van der Waals surface area (Å²) in [5.74, 6) is 1.00. The second-order valence-corrected chi connectivity index (χ2v) is 6.62. The molecule has 2 heteroatoms. The van der Waals surface area contributed by atoms with E-state index in [1.165, 1.54) is 22.3 Å². The van der Waals surface area contributed by atoms with Crippen molar-refractivity contribution in [1.82, 2.24) is 0 Å². The maximum absolute atomic E-state index is 6.18. The molecule has 0 fully saturated rings. The summed E-state index contributed by atoms with van der Waals surface area (Å²) in [4.78, 5) is 0. The van der Waals surface area contributed by atoms with Crippen LogP contribution in [0.3, 0.4) is 0 Å². The van der Waals surface area contributed by atoms with Crippen molar-refractivity contribution >= 4 is 11.8 Å². The molecule has 20 heavy (non-hydrogen) atoms. The number of thioether (sulfide) groups is 1. The van der Waals surface area contributed by atoms with Crippen LogP contribution >= 0.6 is 11.8 Å². The molecule has 2 aromatic rings. The molecule has 1 nitrogen and oxygen atoms in total. The summed E-state index contributed by atoms with van der Waals surface area (Å²) in [6.07, 6.45) is 0. The Hall–Kier alpha value is -1.25. The van der Waals surface area contributed by atoms with Gasteiger partial charge in [0.1, 0.15) is 0 Å². The second kappa shape index (κ2) is 6.96. The summed E-state index contributed by atoms with van der Waals surface area (Å²) in [5, 5.41) is 0.344.